The third-order valence-corrected chi connectivity index (χ3v) is 9.16. The van der Waals surface area contributed by atoms with Gasteiger partial charge in [0, 0.05) is 41.7 Å². The van der Waals surface area contributed by atoms with Crippen molar-refractivity contribution < 1.29 is 14.3 Å². The monoisotopic (exact) mass is 644 g/mol. The number of nitrogens with zero attached hydrogens (tertiary/aromatic N) is 4. The van der Waals surface area contributed by atoms with E-state index >= 15 is 0 Å². The smallest absolute Gasteiger partial charge is 0.421 e. The van der Waals surface area contributed by atoms with Crippen molar-refractivity contribution in [3.63, 3.8) is 0 Å². The number of fused-ring (bicyclic) bond motifs is 1. The van der Waals surface area contributed by atoms with Crippen LogP contribution in [0, 0.1) is 0 Å². The van der Waals surface area contributed by atoms with Crippen molar-refractivity contribution >= 4 is 86.8 Å². The fourth-order valence-electron chi connectivity index (χ4n) is 3.04. The number of carbonyl (C=O) groups excluding carboxylic acids is 1. The summed E-state index contributed by atoms with van der Waals surface area (Å²) in [4.78, 5) is 22.0. The van der Waals surface area contributed by atoms with Gasteiger partial charge in [0.05, 0.1) is 27.8 Å². The van der Waals surface area contributed by atoms with E-state index in [0.29, 0.717) is 30.3 Å². The molecule has 0 aliphatic carbocycles. The van der Waals surface area contributed by atoms with E-state index in [1.54, 1.807) is 11.5 Å². The average Bonchev–Trinajstić information content (AvgIpc) is 3.10. The van der Waals surface area contributed by atoms with Crippen LogP contribution in [0.15, 0.2) is 17.9 Å². The normalized spacial score (nSPS) is 15.4. The molecule has 2 heterocycles. The number of rotatable bonds is 5. The van der Waals surface area contributed by atoms with E-state index in [-0.39, 0.29) is 6.61 Å². The molecule has 0 bridgehead atoms. The predicted molar refractivity (Wildman–Crippen MR) is 123 cm³/mol. The van der Waals surface area contributed by atoms with Crippen molar-refractivity contribution in [3.05, 3.63) is 17.9 Å². The van der Waals surface area contributed by atoms with Gasteiger partial charge in [-0.15, -0.1) is 0 Å². The zero-order valence-corrected chi connectivity index (χ0v) is 21.8. The standard InChI is InChI=1S/C17H20Br4N4O3/c1-3-27-9-23-5-7-24(8-6-23)16-22-14-12(20)10(18)11(19)13(21)15(14)25(16)17(26)28-4-2/h3-9H2,1-2H3. The van der Waals surface area contributed by atoms with Crippen LogP contribution in [0.1, 0.15) is 13.8 Å². The molecule has 1 aromatic carbocycles. The molecule has 1 aromatic heterocycles. The molecule has 2 aromatic rings. The molecule has 0 amide bonds. The van der Waals surface area contributed by atoms with Crippen LogP contribution in [0.25, 0.3) is 11.0 Å². The highest BCUT2D eigenvalue weighted by Gasteiger charge is 2.29. The van der Waals surface area contributed by atoms with Gasteiger partial charge in [0.15, 0.2) is 0 Å². The van der Waals surface area contributed by atoms with Crippen molar-refractivity contribution in [2.75, 3.05) is 51.0 Å². The predicted octanol–water partition coefficient (Wildman–Crippen LogP) is 5.21. The van der Waals surface area contributed by atoms with E-state index in [1.165, 1.54) is 0 Å². The zero-order valence-electron chi connectivity index (χ0n) is 15.5. The summed E-state index contributed by atoms with van der Waals surface area (Å²) in [5, 5.41) is 0. The number of piperazine rings is 1. The Morgan fingerprint density at radius 1 is 0.964 bits per heavy atom. The van der Waals surface area contributed by atoms with Crippen LogP contribution in [-0.4, -0.2) is 66.7 Å². The van der Waals surface area contributed by atoms with E-state index < -0.39 is 6.09 Å². The molecule has 1 aliphatic rings. The molecule has 1 aliphatic heterocycles. The Hall–Kier alpha value is -0.200. The van der Waals surface area contributed by atoms with Crippen LogP contribution in [0.4, 0.5) is 10.7 Å². The molecular weight excluding hydrogens is 628 g/mol. The van der Waals surface area contributed by atoms with E-state index in [2.05, 4.69) is 73.5 Å². The van der Waals surface area contributed by atoms with Crippen LogP contribution in [0.5, 0.6) is 0 Å². The Labute approximate surface area is 197 Å². The van der Waals surface area contributed by atoms with E-state index in [9.17, 15) is 4.79 Å². The lowest BCUT2D eigenvalue weighted by Gasteiger charge is -2.34. The molecule has 0 N–H and O–H groups in total. The lowest BCUT2D eigenvalue weighted by molar-refractivity contribution is 0.0324. The Morgan fingerprint density at radius 3 is 2.21 bits per heavy atom. The van der Waals surface area contributed by atoms with Gasteiger partial charge in [-0.1, -0.05) is 0 Å². The summed E-state index contributed by atoms with van der Waals surface area (Å²) in [6.07, 6.45) is -0.446. The van der Waals surface area contributed by atoms with Crippen molar-refractivity contribution in [3.8, 4) is 0 Å². The van der Waals surface area contributed by atoms with Gasteiger partial charge in [0.25, 0.3) is 0 Å². The second kappa shape index (κ2) is 9.74. The van der Waals surface area contributed by atoms with Gasteiger partial charge in [-0.3, -0.25) is 4.90 Å². The van der Waals surface area contributed by atoms with Crippen LogP contribution in [0.2, 0.25) is 0 Å². The quantitative estimate of drug-likeness (QED) is 0.328. The highest BCUT2D eigenvalue weighted by atomic mass is 79.9. The van der Waals surface area contributed by atoms with Gasteiger partial charge in [0.1, 0.15) is 5.52 Å². The zero-order chi connectivity index (χ0) is 20.4. The maximum absolute atomic E-state index is 12.8. The highest BCUT2D eigenvalue weighted by molar-refractivity contribution is 9.15. The Morgan fingerprint density at radius 2 is 1.61 bits per heavy atom. The summed E-state index contributed by atoms with van der Waals surface area (Å²) >= 11 is 14.3. The van der Waals surface area contributed by atoms with Gasteiger partial charge in [-0.05, 0) is 77.6 Å². The molecule has 0 atom stereocenters. The molecule has 154 valence electrons. The number of hydrogen-bond donors (Lipinski definition) is 0. The summed E-state index contributed by atoms with van der Waals surface area (Å²) in [7, 11) is 0. The van der Waals surface area contributed by atoms with E-state index in [0.717, 1.165) is 44.1 Å². The molecule has 0 unspecified atom stereocenters. The van der Waals surface area contributed by atoms with E-state index in [4.69, 9.17) is 14.5 Å². The van der Waals surface area contributed by atoms with Crippen LogP contribution < -0.4 is 4.90 Å². The minimum Gasteiger partial charge on any atom is -0.449 e. The summed E-state index contributed by atoms with van der Waals surface area (Å²) in [5.41, 5.74) is 1.34. The maximum atomic E-state index is 12.8. The van der Waals surface area contributed by atoms with Crippen molar-refractivity contribution in [2.45, 2.75) is 13.8 Å². The molecule has 3 rings (SSSR count). The largest absolute Gasteiger partial charge is 0.449 e. The summed E-state index contributed by atoms with van der Waals surface area (Å²) < 4.78 is 15.5. The van der Waals surface area contributed by atoms with Gasteiger partial charge in [-0.2, -0.15) is 0 Å². The van der Waals surface area contributed by atoms with Gasteiger partial charge < -0.3 is 14.4 Å². The molecule has 1 saturated heterocycles. The Balaban J connectivity index is 2.05. The van der Waals surface area contributed by atoms with Crippen molar-refractivity contribution in [1.29, 1.82) is 0 Å². The first-order valence-corrected chi connectivity index (χ1v) is 12.0. The summed E-state index contributed by atoms with van der Waals surface area (Å²) in [5.74, 6) is 0.580. The molecular formula is C17H20Br4N4O3. The van der Waals surface area contributed by atoms with Crippen LogP contribution in [-0.2, 0) is 9.47 Å². The minimum absolute atomic E-state index is 0.288. The second-order valence-corrected chi connectivity index (χ2v) is 9.30. The SMILES string of the molecule is CCOCN1CCN(c2nc3c(Br)c(Br)c(Br)c(Br)c3n2C(=O)OCC)CC1. The van der Waals surface area contributed by atoms with Crippen LogP contribution in [0.3, 0.4) is 0 Å². The van der Waals surface area contributed by atoms with Gasteiger partial charge in [-0.25, -0.2) is 14.3 Å². The highest BCUT2D eigenvalue weighted by Crippen LogP contribution is 2.44. The summed E-state index contributed by atoms with van der Waals surface area (Å²) in [6, 6.07) is 0. The first kappa shape index (κ1) is 22.5. The molecule has 0 saturated carbocycles. The third-order valence-electron chi connectivity index (χ3n) is 4.44. The number of imidazole rings is 1. The number of benzene rings is 1. The fraction of sp³-hybridized carbons (Fsp3) is 0.529. The number of carbonyl (C=O) groups is 1. The lowest BCUT2D eigenvalue weighted by Crippen LogP contribution is -2.48. The second-order valence-electron chi connectivity index (χ2n) is 6.13. The fourth-order valence-corrected chi connectivity index (χ4v) is 5.38. The first-order chi connectivity index (χ1) is 13.4. The maximum Gasteiger partial charge on any atom is 0.421 e. The van der Waals surface area contributed by atoms with Crippen LogP contribution >= 0.6 is 63.7 Å². The number of halogens is 4. The van der Waals surface area contributed by atoms with E-state index in [1.807, 2.05) is 6.92 Å². The van der Waals surface area contributed by atoms with Crippen molar-refractivity contribution in [2.24, 2.45) is 0 Å². The topological polar surface area (TPSA) is 59.8 Å². The molecule has 0 radical (unpaired) electrons. The third kappa shape index (κ3) is 4.29. The molecule has 28 heavy (non-hydrogen) atoms. The van der Waals surface area contributed by atoms with Crippen molar-refractivity contribution in [1.82, 2.24) is 14.5 Å². The molecule has 11 heteroatoms. The molecule has 0 spiro atoms. The molecule has 7 nitrogen and oxygen atoms in total. The number of hydrogen-bond acceptors (Lipinski definition) is 6. The Bertz CT molecular complexity index is 881. The first-order valence-electron chi connectivity index (χ1n) is 8.87. The molecule has 1 fully saturated rings. The average molecular weight is 648 g/mol. The summed E-state index contributed by atoms with van der Waals surface area (Å²) in [6.45, 7) is 8.55. The van der Waals surface area contributed by atoms with Gasteiger partial charge >= 0.3 is 6.09 Å². The number of aromatic nitrogens is 2. The lowest BCUT2D eigenvalue weighted by atomic mass is 10.3. The van der Waals surface area contributed by atoms with Gasteiger partial charge in [0.2, 0.25) is 5.95 Å². The number of anilines is 1. The number of ether oxygens (including phenoxy) is 2. The Kier molecular flexibility index (Phi) is 7.82. The minimum atomic E-state index is -0.446.